The van der Waals surface area contributed by atoms with Crippen LogP contribution in [0.4, 0.5) is 48.3 Å². The Kier molecular flexibility index (Phi) is 7.75. The molecule has 0 amide bonds. The molecule has 2 rings (SSSR count). The fourth-order valence-electron chi connectivity index (χ4n) is 3.80. The van der Waals surface area contributed by atoms with Gasteiger partial charge in [0.05, 0.1) is 5.92 Å². The minimum Gasteiger partial charge on any atom is -0.382 e. The monoisotopic (exact) mass is 487 g/mol. The number of aliphatic hydroxyl groups excluding tert-OH is 1. The summed E-state index contributed by atoms with van der Waals surface area (Å²) in [6, 6.07) is 2.06. The lowest BCUT2D eigenvalue weighted by Gasteiger charge is -2.39. The van der Waals surface area contributed by atoms with Crippen LogP contribution in [0.2, 0.25) is 0 Å². The van der Waals surface area contributed by atoms with Crippen LogP contribution >= 0.6 is 0 Å². The molecule has 0 heterocycles. The third-order valence-corrected chi connectivity index (χ3v) is 5.50. The highest BCUT2D eigenvalue weighted by atomic mass is 19.4. The first-order valence-electron chi connectivity index (χ1n) is 9.53. The van der Waals surface area contributed by atoms with E-state index in [0.717, 1.165) is 18.2 Å². The number of hydrogen-bond donors (Lipinski definition) is 1. The van der Waals surface area contributed by atoms with E-state index >= 15 is 0 Å². The minimum absolute atomic E-state index is 0.0328. The fraction of sp³-hybridized carbons (Fsp3) is 0.684. The summed E-state index contributed by atoms with van der Waals surface area (Å²) in [5.41, 5.74) is -2.21. The van der Waals surface area contributed by atoms with Crippen LogP contribution in [0, 0.1) is 5.92 Å². The number of benzene rings is 1. The van der Waals surface area contributed by atoms with Crippen LogP contribution in [0.25, 0.3) is 0 Å². The van der Waals surface area contributed by atoms with Gasteiger partial charge in [-0.3, -0.25) is 4.90 Å². The maximum absolute atomic E-state index is 14.0. The second-order valence-corrected chi connectivity index (χ2v) is 7.78. The first kappa shape index (κ1) is 26.6. The molecule has 1 aliphatic carbocycles. The van der Waals surface area contributed by atoms with Gasteiger partial charge in [0.15, 0.2) is 6.10 Å². The summed E-state index contributed by atoms with van der Waals surface area (Å²) in [7, 11) is 0. The van der Waals surface area contributed by atoms with Crippen molar-refractivity contribution in [3.8, 4) is 0 Å². The van der Waals surface area contributed by atoms with E-state index in [4.69, 9.17) is 0 Å². The molecule has 3 unspecified atom stereocenters. The summed E-state index contributed by atoms with van der Waals surface area (Å²) in [6.45, 7) is -2.20. The Morgan fingerprint density at radius 1 is 0.906 bits per heavy atom. The molecular weight excluding hydrogens is 467 g/mol. The molecule has 1 aromatic rings. The number of nitrogens with zero attached hydrogens (tertiary/aromatic N) is 1. The average Bonchev–Trinajstić information content (AvgIpc) is 2.65. The van der Waals surface area contributed by atoms with Gasteiger partial charge in [0.1, 0.15) is 0 Å². The van der Waals surface area contributed by atoms with Gasteiger partial charge in [-0.2, -0.15) is 48.3 Å². The summed E-state index contributed by atoms with van der Waals surface area (Å²) in [5, 5.41) is 9.43. The predicted octanol–water partition coefficient (Wildman–Crippen LogP) is 6.19. The normalized spacial score (nSPS) is 22.3. The van der Waals surface area contributed by atoms with Gasteiger partial charge in [0.2, 0.25) is 0 Å². The molecule has 0 radical (unpaired) electrons. The quantitative estimate of drug-likeness (QED) is 0.484. The molecule has 13 heteroatoms. The second-order valence-electron chi connectivity index (χ2n) is 7.78. The van der Waals surface area contributed by atoms with Crippen molar-refractivity contribution in [2.24, 2.45) is 5.92 Å². The van der Waals surface area contributed by atoms with Gasteiger partial charge in [0.25, 0.3) is 0 Å². The van der Waals surface area contributed by atoms with Gasteiger partial charge >= 0.3 is 24.5 Å². The van der Waals surface area contributed by atoms with Gasteiger partial charge in [-0.05, 0) is 24.8 Å². The molecule has 0 aromatic heterocycles. The Bertz CT molecular complexity index is 757. The van der Waals surface area contributed by atoms with Crippen molar-refractivity contribution in [3.05, 3.63) is 35.4 Å². The molecule has 0 saturated heterocycles. The van der Waals surface area contributed by atoms with E-state index in [9.17, 15) is 53.4 Å². The third kappa shape index (κ3) is 6.24. The molecule has 1 aliphatic rings. The molecule has 0 spiro atoms. The summed E-state index contributed by atoms with van der Waals surface area (Å²) in [6.07, 6.45) is -19.8. The standard InChI is InChI=1S/C19H20F11NO/c20-16(21,19(28,29)30)14-7-2-1-4-11(14)9-31(10-15(32)18(25,26)27)13-6-3-5-12(8-13)17(22,23)24/h1-2,4,7,12-13,15,32H,3,5-6,8-10H2. The van der Waals surface area contributed by atoms with Crippen molar-refractivity contribution < 1.29 is 53.4 Å². The lowest BCUT2D eigenvalue weighted by molar-refractivity contribution is -0.289. The minimum atomic E-state index is -5.99. The van der Waals surface area contributed by atoms with E-state index in [1.165, 1.54) is 0 Å². The van der Waals surface area contributed by atoms with Crippen LogP contribution < -0.4 is 0 Å². The fourth-order valence-corrected chi connectivity index (χ4v) is 3.80. The van der Waals surface area contributed by atoms with Crippen LogP contribution in [-0.4, -0.2) is 47.2 Å². The zero-order chi connectivity index (χ0) is 24.5. The highest BCUT2D eigenvalue weighted by molar-refractivity contribution is 5.32. The van der Waals surface area contributed by atoms with Crippen molar-refractivity contribution in [2.75, 3.05) is 6.54 Å². The summed E-state index contributed by atoms with van der Waals surface area (Å²) < 4.78 is 145. The van der Waals surface area contributed by atoms with E-state index in [1.54, 1.807) is 0 Å². The lowest BCUT2D eigenvalue weighted by atomic mass is 9.84. The van der Waals surface area contributed by atoms with Crippen molar-refractivity contribution in [1.82, 2.24) is 4.90 Å². The highest BCUT2D eigenvalue weighted by Crippen LogP contribution is 2.46. The van der Waals surface area contributed by atoms with Crippen LogP contribution in [0.3, 0.4) is 0 Å². The molecule has 1 saturated carbocycles. The Labute approximate surface area is 176 Å². The first-order valence-corrected chi connectivity index (χ1v) is 9.53. The SMILES string of the molecule is OC(CN(Cc1ccccc1C(F)(F)C(F)(F)F)C1CCCC(C(F)(F)F)C1)C(F)(F)F. The Morgan fingerprint density at radius 2 is 1.50 bits per heavy atom. The Morgan fingerprint density at radius 3 is 2.03 bits per heavy atom. The van der Waals surface area contributed by atoms with Crippen LogP contribution in [-0.2, 0) is 12.5 Å². The zero-order valence-corrected chi connectivity index (χ0v) is 16.3. The smallest absolute Gasteiger partial charge is 0.382 e. The molecular formula is C19H20F11NO. The predicted molar refractivity (Wildman–Crippen MR) is 90.7 cm³/mol. The van der Waals surface area contributed by atoms with Gasteiger partial charge in [0, 0.05) is 24.7 Å². The van der Waals surface area contributed by atoms with Crippen molar-refractivity contribution in [3.63, 3.8) is 0 Å². The van der Waals surface area contributed by atoms with E-state index in [0.29, 0.717) is 11.0 Å². The van der Waals surface area contributed by atoms with Gasteiger partial charge < -0.3 is 5.11 Å². The summed E-state index contributed by atoms with van der Waals surface area (Å²) in [4.78, 5) is 0.710. The van der Waals surface area contributed by atoms with Gasteiger partial charge in [-0.1, -0.05) is 30.7 Å². The maximum Gasteiger partial charge on any atom is 0.458 e. The zero-order valence-electron chi connectivity index (χ0n) is 16.3. The highest BCUT2D eigenvalue weighted by Gasteiger charge is 2.59. The molecule has 0 aliphatic heterocycles. The number of hydrogen-bond acceptors (Lipinski definition) is 2. The molecule has 32 heavy (non-hydrogen) atoms. The third-order valence-electron chi connectivity index (χ3n) is 5.50. The van der Waals surface area contributed by atoms with Crippen LogP contribution in [0.1, 0.15) is 36.8 Å². The van der Waals surface area contributed by atoms with E-state index in [1.807, 2.05) is 0 Å². The Balaban J connectivity index is 2.40. The average molecular weight is 487 g/mol. The lowest BCUT2D eigenvalue weighted by Crippen LogP contribution is -2.48. The van der Waals surface area contributed by atoms with Crippen LogP contribution in [0.15, 0.2) is 24.3 Å². The van der Waals surface area contributed by atoms with E-state index in [2.05, 4.69) is 0 Å². The van der Waals surface area contributed by atoms with Crippen molar-refractivity contribution in [1.29, 1.82) is 0 Å². The first-order chi connectivity index (χ1) is 14.4. The summed E-state index contributed by atoms with van der Waals surface area (Å²) >= 11 is 0. The van der Waals surface area contributed by atoms with E-state index < -0.39 is 73.2 Å². The topological polar surface area (TPSA) is 23.5 Å². The molecule has 0 bridgehead atoms. The number of rotatable bonds is 6. The van der Waals surface area contributed by atoms with Crippen molar-refractivity contribution >= 4 is 0 Å². The molecule has 2 nitrogen and oxygen atoms in total. The largest absolute Gasteiger partial charge is 0.458 e. The molecule has 3 atom stereocenters. The van der Waals surface area contributed by atoms with Crippen LogP contribution in [0.5, 0.6) is 0 Å². The maximum atomic E-state index is 14.0. The molecule has 184 valence electrons. The van der Waals surface area contributed by atoms with Crippen molar-refractivity contribution in [2.45, 2.75) is 68.8 Å². The molecule has 1 aromatic carbocycles. The summed E-state index contributed by atoms with van der Waals surface area (Å²) in [5.74, 6) is -7.20. The van der Waals surface area contributed by atoms with Gasteiger partial charge in [-0.25, -0.2) is 0 Å². The second kappa shape index (κ2) is 9.32. The van der Waals surface area contributed by atoms with E-state index in [-0.39, 0.29) is 19.3 Å². The van der Waals surface area contributed by atoms with Gasteiger partial charge in [-0.15, -0.1) is 0 Å². The molecule has 1 fully saturated rings. The number of aliphatic hydroxyl groups is 1. The Hall–Kier alpha value is -1.63. The number of alkyl halides is 11. The number of halogens is 11. The molecule has 1 N–H and O–H groups in total.